The highest BCUT2D eigenvalue weighted by molar-refractivity contribution is 7.37. The zero-order chi connectivity index (χ0) is 61.2. The number of nitrogens with zero attached hydrogens (tertiary/aromatic N) is 10. The summed E-state index contributed by atoms with van der Waals surface area (Å²) in [5.74, 6) is -4.23. The summed E-state index contributed by atoms with van der Waals surface area (Å²) in [5.41, 5.74) is 2.06. The van der Waals surface area contributed by atoms with Crippen molar-refractivity contribution >= 4 is 54.4 Å². The van der Waals surface area contributed by atoms with Crippen molar-refractivity contribution in [1.82, 2.24) is 39.6 Å². The predicted octanol–water partition coefficient (Wildman–Crippen LogP) is 5.99. The molecule has 26 nitrogen and oxygen atoms in total. The first kappa shape index (κ1) is 70.1. The van der Waals surface area contributed by atoms with Gasteiger partial charge in [-0.25, -0.2) is 17.9 Å². The van der Waals surface area contributed by atoms with Crippen LogP contribution in [0.3, 0.4) is 0 Å². The van der Waals surface area contributed by atoms with E-state index in [-0.39, 0.29) is 56.8 Å². The molecule has 1 saturated carbocycles. The topological polar surface area (TPSA) is 275 Å². The molecule has 4 aromatic rings. The minimum absolute atomic E-state index is 0.0188. The molecule has 4 fully saturated rings. The van der Waals surface area contributed by atoms with Gasteiger partial charge in [0.1, 0.15) is 24.5 Å². The number of fused-ring (bicyclic) bond motifs is 1. The standard InChI is InChI=1S/C19H26ClN6O4P.C19H24F3N3O6.C17H31NO6/c1-24-6-2-5-19(9-24)10-25(11-19)16-14-7-21-26(17(14)23-18(20)22-16)15-4-3-13(30-15)8-29-12-31(27)28;20-15-13-16(21)19(17(22)14-15)31-18(26)1-5-27-7-9-29-11-12-30-10-8-28-6-4-25-3-2-23-24-25;1-2-20-7-8-21-9-10-22-11-12-23-13-14-24-18-17-4-3-16(15-17)5-6-19/h7,13,15H,2-6,8-12H2,1H3;2-3,13-14H,1,4-12H2;6,16H,2-5,7-15H2,1H3/p+1/b;;18-17+. The first-order valence-corrected chi connectivity index (χ1v) is 30.8. The number of ether oxygens (including phenoxy) is 11. The van der Waals surface area contributed by atoms with Crippen LogP contribution < -0.4 is 9.64 Å². The summed E-state index contributed by atoms with van der Waals surface area (Å²) in [5, 5.41) is 17.2. The number of piperidine rings is 1. The fraction of sp³-hybridized carbons (Fsp3) is 0.709. The highest BCUT2D eigenvalue weighted by Crippen LogP contribution is 2.43. The fourth-order valence-electron chi connectivity index (χ4n) is 9.80. The number of hydrogen-bond acceptors (Lipinski definition) is 23. The third-order valence-corrected chi connectivity index (χ3v) is 14.4. The van der Waals surface area contributed by atoms with Gasteiger partial charge in [0, 0.05) is 56.4 Å². The molecular formula is C55H82ClF3N10O16P+. The van der Waals surface area contributed by atoms with Gasteiger partial charge in [0.25, 0.3) is 6.35 Å². The van der Waals surface area contributed by atoms with Gasteiger partial charge >= 0.3 is 14.0 Å². The van der Waals surface area contributed by atoms with Gasteiger partial charge in [0.15, 0.2) is 23.5 Å². The Balaban J connectivity index is 0.000000209. The predicted molar refractivity (Wildman–Crippen MR) is 306 cm³/mol. The van der Waals surface area contributed by atoms with E-state index in [0.29, 0.717) is 135 Å². The van der Waals surface area contributed by atoms with E-state index < -0.39 is 37.2 Å². The number of anilines is 1. The molecule has 4 aliphatic rings. The lowest BCUT2D eigenvalue weighted by molar-refractivity contribution is -0.136. The molecule has 4 unspecified atom stereocenters. The zero-order valence-electron chi connectivity index (χ0n) is 49.0. The molecule has 1 aliphatic carbocycles. The molecule has 1 aromatic carbocycles. The van der Waals surface area contributed by atoms with E-state index in [9.17, 15) is 27.3 Å². The van der Waals surface area contributed by atoms with Crippen LogP contribution in [0, 0.1) is 28.8 Å². The van der Waals surface area contributed by atoms with Crippen LogP contribution in [-0.2, 0) is 72.9 Å². The molecule has 480 valence electrons. The lowest BCUT2D eigenvalue weighted by Gasteiger charge is -2.54. The van der Waals surface area contributed by atoms with Crippen molar-refractivity contribution in [1.29, 1.82) is 0 Å². The summed E-state index contributed by atoms with van der Waals surface area (Å²) < 4.78 is 112. The number of aromatic nitrogens is 7. The van der Waals surface area contributed by atoms with Crippen LogP contribution >= 0.6 is 19.6 Å². The summed E-state index contributed by atoms with van der Waals surface area (Å²) in [7, 11) is -0.104. The molecule has 86 heavy (non-hydrogen) atoms. The van der Waals surface area contributed by atoms with Crippen molar-refractivity contribution < 1.29 is 89.2 Å². The maximum absolute atomic E-state index is 13.4. The van der Waals surface area contributed by atoms with Gasteiger partial charge in [-0.15, -0.1) is 5.10 Å². The number of carbonyl (C=O) groups is 2. The molecule has 0 bridgehead atoms. The number of carbonyl (C=O) groups excluding carboxylic acids is 2. The molecule has 1 spiro atoms. The summed E-state index contributed by atoms with van der Waals surface area (Å²) in [4.78, 5) is 49.8. The maximum atomic E-state index is 13.4. The first-order chi connectivity index (χ1) is 41.8. The van der Waals surface area contributed by atoms with Gasteiger partial charge in [-0.2, -0.15) is 20.0 Å². The van der Waals surface area contributed by atoms with E-state index in [2.05, 4.69) is 52.1 Å². The number of hydrogen-bond donors (Lipinski definition) is 1. The fourth-order valence-corrected chi connectivity index (χ4v) is 10.2. The molecular weight excluding hydrogens is 1180 g/mol. The molecule has 0 radical (unpaired) electrons. The summed E-state index contributed by atoms with van der Waals surface area (Å²) >= 11 is 6.30. The monoisotopic (exact) mass is 1260 g/mol. The molecule has 0 amide bonds. The van der Waals surface area contributed by atoms with Crippen molar-refractivity contribution in [2.24, 2.45) is 16.5 Å². The molecule has 3 aromatic heterocycles. The highest BCUT2D eigenvalue weighted by Gasteiger charge is 2.46. The van der Waals surface area contributed by atoms with Crippen molar-refractivity contribution in [2.75, 3.05) is 163 Å². The van der Waals surface area contributed by atoms with Crippen LogP contribution in [0.1, 0.15) is 70.9 Å². The first-order valence-electron chi connectivity index (χ1n) is 29.0. The molecule has 1 N–H and O–H groups in total. The second kappa shape index (κ2) is 39.8. The number of benzene rings is 1. The van der Waals surface area contributed by atoms with E-state index in [4.69, 9.17) is 68.7 Å². The van der Waals surface area contributed by atoms with Crippen molar-refractivity contribution in [2.45, 2.75) is 83.6 Å². The number of rotatable bonds is 38. The number of likely N-dealkylation sites (tertiary alicyclic amines) is 1. The van der Waals surface area contributed by atoms with E-state index >= 15 is 0 Å². The SMILES string of the molecule is CCOCCOCCOCCOCCO/N=C1\CCC(CC=O)C1.CN1CCCC2(C1)CN(c1nc(Cl)nc3c1cnn3C1CCC(COC[P+](=O)O)O1)C2.O=C(CCOCCOCCOCCOCCn1ccnn1)Oc1c(F)cc(F)cc1F. The highest BCUT2D eigenvalue weighted by atomic mass is 35.5. The Bertz CT molecular complexity index is 2610. The van der Waals surface area contributed by atoms with Crippen LogP contribution in [-0.4, -0.2) is 227 Å². The van der Waals surface area contributed by atoms with Crippen LogP contribution in [0.15, 0.2) is 35.9 Å². The second-order valence-electron chi connectivity index (χ2n) is 20.6. The van der Waals surface area contributed by atoms with Crippen molar-refractivity contribution in [3.8, 4) is 5.75 Å². The van der Waals surface area contributed by atoms with Gasteiger partial charge in [0.05, 0.1) is 148 Å². The van der Waals surface area contributed by atoms with E-state index in [1.165, 1.54) is 19.4 Å². The van der Waals surface area contributed by atoms with Crippen LogP contribution in [0.2, 0.25) is 5.28 Å². The molecule has 31 heteroatoms. The van der Waals surface area contributed by atoms with E-state index in [0.717, 1.165) is 74.9 Å². The minimum Gasteiger partial charge on any atom is -0.420 e. The lowest BCUT2D eigenvalue weighted by atomic mass is 9.73. The third kappa shape index (κ3) is 25.6. The molecule has 3 saturated heterocycles. The smallest absolute Gasteiger partial charge is 0.420 e. The summed E-state index contributed by atoms with van der Waals surface area (Å²) in [6, 6.07) is 0.855. The minimum atomic E-state index is -2.30. The number of halogens is 4. The second-order valence-corrected chi connectivity index (χ2v) is 21.9. The Morgan fingerprint density at radius 2 is 1.49 bits per heavy atom. The Morgan fingerprint density at radius 1 is 0.849 bits per heavy atom. The van der Waals surface area contributed by atoms with E-state index in [1.807, 2.05) is 6.92 Å². The van der Waals surface area contributed by atoms with Gasteiger partial charge in [-0.3, -0.25) is 9.48 Å². The summed E-state index contributed by atoms with van der Waals surface area (Å²) in [6.07, 6.45) is 12.8. The quantitative estimate of drug-likeness (QED) is 0.0103. The van der Waals surface area contributed by atoms with Crippen LogP contribution in [0.25, 0.3) is 11.0 Å². The maximum Gasteiger partial charge on any atom is 0.534 e. The van der Waals surface area contributed by atoms with E-state index in [1.54, 1.807) is 28.0 Å². The van der Waals surface area contributed by atoms with Crippen molar-refractivity contribution in [3.05, 3.63) is 53.5 Å². The van der Waals surface area contributed by atoms with Gasteiger partial charge in [0.2, 0.25) is 11.0 Å². The van der Waals surface area contributed by atoms with Crippen LogP contribution in [0.4, 0.5) is 19.0 Å². The van der Waals surface area contributed by atoms with Gasteiger partial charge in [-0.05, 0) is 87.5 Å². The van der Waals surface area contributed by atoms with Gasteiger partial charge in [-0.1, -0.05) is 10.4 Å². The Labute approximate surface area is 504 Å². The number of oxime groups is 1. The average molecular weight is 1260 g/mol. The molecule has 3 aliphatic heterocycles. The molecule has 6 heterocycles. The summed E-state index contributed by atoms with van der Waals surface area (Å²) in [6.45, 7) is 14.8. The third-order valence-electron chi connectivity index (χ3n) is 13.8. The number of aldehydes is 1. The Kier molecular flexibility index (Phi) is 32.5. The lowest BCUT2D eigenvalue weighted by Crippen LogP contribution is -2.62. The molecule has 8 rings (SSSR count). The van der Waals surface area contributed by atoms with Crippen LogP contribution in [0.5, 0.6) is 5.75 Å². The Hall–Kier alpha value is -4.98. The Morgan fingerprint density at radius 3 is 2.10 bits per heavy atom. The average Bonchev–Trinajstić information content (AvgIpc) is 1.30. The number of esters is 1. The van der Waals surface area contributed by atoms with Gasteiger partial charge < -0.3 is 71.5 Å². The largest absolute Gasteiger partial charge is 0.534 e. The normalized spacial score (nSPS) is 18.9. The van der Waals surface area contributed by atoms with Crippen molar-refractivity contribution in [3.63, 3.8) is 0 Å². The zero-order valence-corrected chi connectivity index (χ0v) is 50.7. The molecule has 4 atom stereocenters.